The van der Waals surface area contributed by atoms with Gasteiger partial charge in [-0.05, 0) is 62.3 Å². The molecule has 1 saturated carbocycles. The van der Waals surface area contributed by atoms with Gasteiger partial charge < -0.3 is 14.4 Å². The van der Waals surface area contributed by atoms with Crippen LogP contribution in [0.4, 0.5) is 18.0 Å². The predicted molar refractivity (Wildman–Crippen MR) is 123 cm³/mol. The van der Waals surface area contributed by atoms with Crippen LogP contribution in [-0.2, 0) is 11.2 Å². The molecular weight excluding hydrogens is 467 g/mol. The highest BCUT2D eigenvalue weighted by Gasteiger charge is 2.59. The molecule has 0 N–H and O–H groups in total. The van der Waals surface area contributed by atoms with Crippen molar-refractivity contribution in [2.24, 2.45) is 5.41 Å². The van der Waals surface area contributed by atoms with Crippen LogP contribution >= 0.6 is 11.9 Å². The van der Waals surface area contributed by atoms with E-state index >= 15 is 0 Å². The number of carbonyl (C=O) groups excluding carboxylic acids is 1. The third-order valence-electron chi connectivity index (χ3n) is 7.76. The number of ether oxygens (including phenoxy) is 2. The maximum atomic E-state index is 12.7. The summed E-state index contributed by atoms with van der Waals surface area (Å²) in [5.41, 5.74) is 3.40. The first-order chi connectivity index (χ1) is 16.1. The second-order valence-corrected chi connectivity index (χ2v) is 11.0. The normalized spacial score (nSPS) is 24.3. The number of hydrogen-bond acceptors (Lipinski definition) is 6. The Morgan fingerprint density at radius 2 is 2.00 bits per heavy atom. The van der Waals surface area contributed by atoms with E-state index in [1.807, 2.05) is 6.20 Å². The van der Waals surface area contributed by atoms with Crippen LogP contribution in [0.3, 0.4) is 0 Å². The number of piperidine rings is 1. The molecule has 4 heterocycles. The second-order valence-electron chi connectivity index (χ2n) is 10.1. The van der Waals surface area contributed by atoms with Gasteiger partial charge in [0.15, 0.2) is 6.10 Å². The number of halogens is 3. The van der Waals surface area contributed by atoms with Gasteiger partial charge in [-0.3, -0.25) is 4.98 Å². The zero-order chi connectivity index (χ0) is 24.1. The van der Waals surface area contributed by atoms with E-state index in [0.29, 0.717) is 13.1 Å². The van der Waals surface area contributed by atoms with E-state index < -0.39 is 18.4 Å². The lowest BCUT2D eigenvalue weighted by molar-refractivity contribution is -0.200. The third-order valence-corrected chi connectivity index (χ3v) is 8.61. The van der Waals surface area contributed by atoms with Gasteiger partial charge in [0.25, 0.3) is 0 Å². The average Bonchev–Trinajstić information content (AvgIpc) is 3.16. The van der Waals surface area contributed by atoms with E-state index in [9.17, 15) is 18.0 Å². The molecule has 4 aliphatic rings. The molecule has 0 radical (unpaired) electrons. The SMILES string of the molecule is CSN1CC=C(c2cc3c(cn2)OC2(C3)CC3(CCN(C(=O)O[C@H](C)C(F)(F)F)CC3)C2)CC1. The molecule has 34 heavy (non-hydrogen) atoms. The Kier molecular flexibility index (Phi) is 6.03. The van der Waals surface area contributed by atoms with Crippen molar-refractivity contribution in [3.8, 4) is 5.75 Å². The van der Waals surface area contributed by atoms with Crippen LogP contribution in [0.1, 0.15) is 50.3 Å². The Morgan fingerprint density at radius 3 is 2.62 bits per heavy atom. The molecule has 2 fully saturated rings. The van der Waals surface area contributed by atoms with Gasteiger partial charge in [0.05, 0.1) is 11.9 Å². The number of amides is 1. The number of hydrogen-bond donors (Lipinski definition) is 0. The predicted octanol–water partition coefficient (Wildman–Crippen LogP) is 5.09. The van der Waals surface area contributed by atoms with Gasteiger partial charge in [-0.15, -0.1) is 0 Å². The number of likely N-dealkylation sites (tertiary alicyclic amines) is 1. The van der Waals surface area contributed by atoms with Gasteiger partial charge >= 0.3 is 12.3 Å². The summed E-state index contributed by atoms with van der Waals surface area (Å²) in [7, 11) is 0. The highest BCUT2D eigenvalue weighted by Crippen LogP contribution is 2.60. The molecule has 1 amide bonds. The van der Waals surface area contributed by atoms with Crippen molar-refractivity contribution >= 4 is 23.6 Å². The van der Waals surface area contributed by atoms with Crippen molar-refractivity contribution in [2.75, 3.05) is 32.4 Å². The van der Waals surface area contributed by atoms with Gasteiger partial charge in [-0.1, -0.05) is 18.0 Å². The Labute approximate surface area is 202 Å². The summed E-state index contributed by atoms with van der Waals surface area (Å²) < 4.78 is 51.4. The molecule has 0 bridgehead atoms. The molecule has 0 aromatic carbocycles. The standard InChI is InChI=1S/C24H30F3N3O3S/c1-16(24(25,26)27)32-21(31)29-9-5-22(6-10-29)14-23(15-22)12-18-11-19(28-13-20(18)33-23)17-3-7-30(34-2)8-4-17/h3,11,13,16H,4-10,12,14-15H2,1-2H3/t16-/m1/s1. The fourth-order valence-corrected chi connectivity index (χ4v) is 6.38. The van der Waals surface area contributed by atoms with Crippen LogP contribution in [-0.4, -0.2) is 70.6 Å². The van der Waals surface area contributed by atoms with E-state index in [0.717, 1.165) is 70.0 Å². The monoisotopic (exact) mass is 497 g/mol. The minimum Gasteiger partial charge on any atom is -0.485 e. The van der Waals surface area contributed by atoms with Crippen molar-refractivity contribution in [1.29, 1.82) is 0 Å². The second kappa shape index (κ2) is 8.62. The van der Waals surface area contributed by atoms with Crippen LogP contribution in [0.15, 0.2) is 18.3 Å². The Bertz CT molecular complexity index is 983. The summed E-state index contributed by atoms with van der Waals surface area (Å²) in [5.74, 6) is 0.864. The van der Waals surface area contributed by atoms with E-state index in [2.05, 4.69) is 32.4 Å². The lowest BCUT2D eigenvalue weighted by Crippen LogP contribution is -2.59. The Hall–Kier alpha value is -1.94. The molecule has 0 unspecified atom stereocenters. The average molecular weight is 498 g/mol. The molecule has 1 saturated heterocycles. The van der Waals surface area contributed by atoms with Crippen molar-refractivity contribution in [3.05, 3.63) is 29.6 Å². The van der Waals surface area contributed by atoms with E-state index in [-0.39, 0.29) is 11.0 Å². The fraction of sp³-hybridized carbons (Fsp3) is 0.667. The van der Waals surface area contributed by atoms with Crippen molar-refractivity contribution < 1.29 is 27.4 Å². The van der Waals surface area contributed by atoms with Gasteiger partial charge in [0, 0.05) is 38.2 Å². The molecule has 5 rings (SSSR count). The molecule has 1 aliphatic carbocycles. The first-order valence-corrected chi connectivity index (χ1v) is 13.0. The summed E-state index contributed by atoms with van der Waals surface area (Å²) in [5, 5.41) is 0. The van der Waals surface area contributed by atoms with Crippen LogP contribution in [0.25, 0.3) is 5.57 Å². The summed E-state index contributed by atoms with van der Waals surface area (Å²) in [4.78, 5) is 18.2. The van der Waals surface area contributed by atoms with Crippen LogP contribution in [0.5, 0.6) is 5.75 Å². The maximum absolute atomic E-state index is 12.7. The Morgan fingerprint density at radius 1 is 1.26 bits per heavy atom. The number of alkyl halides is 3. The van der Waals surface area contributed by atoms with Crippen LogP contribution in [0, 0.1) is 5.41 Å². The quantitative estimate of drug-likeness (QED) is 0.543. The summed E-state index contributed by atoms with van der Waals surface area (Å²) in [6.45, 7) is 3.64. The number of carbonyl (C=O) groups is 1. The number of aromatic nitrogens is 1. The molecule has 1 atom stereocenters. The molecule has 2 spiro atoms. The van der Waals surface area contributed by atoms with E-state index in [4.69, 9.17) is 4.74 Å². The van der Waals surface area contributed by atoms with Crippen molar-refractivity contribution in [2.45, 2.75) is 63.3 Å². The zero-order valence-electron chi connectivity index (χ0n) is 19.5. The largest absolute Gasteiger partial charge is 0.485 e. The topological polar surface area (TPSA) is 54.9 Å². The van der Waals surface area contributed by atoms with Crippen LogP contribution < -0.4 is 4.74 Å². The summed E-state index contributed by atoms with van der Waals surface area (Å²) >= 11 is 1.76. The van der Waals surface area contributed by atoms with Gasteiger partial charge in [-0.25, -0.2) is 9.10 Å². The highest BCUT2D eigenvalue weighted by molar-refractivity contribution is 7.96. The molecule has 6 nitrogen and oxygen atoms in total. The summed E-state index contributed by atoms with van der Waals surface area (Å²) in [6, 6.07) is 2.18. The first-order valence-electron chi connectivity index (χ1n) is 11.8. The minimum absolute atomic E-state index is 0.0813. The number of rotatable bonds is 3. The number of nitrogens with zero attached hydrogens (tertiary/aromatic N) is 3. The molecule has 3 aliphatic heterocycles. The van der Waals surface area contributed by atoms with Crippen molar-refractivity contribution in [1.82, 2.24) is 14.2 Å². The van der Waals surface area contributed by atoms with E-state index in [1.54, 1.807) is 11.9 Å². The van der Waals surface area contributed by atoms with Gasteiger partial charge in [-0.2, -0.15) is 13.2 Å². The minimum atomic E-state index is -4.54. The third kappa shape index (κ3) is 4.51. The van der Waals surface area contributed by atoms with Crippen LogP contribution in [0.2, 0.25) is 0 Å². The van der Waals surface area contributed by atoms with Crippen molar-refractivity contribution in [3.63, 3.8) is 0 Å². The van der Waals surface area contributed by atoms with Gasteiger partial charge in [0.2, 0.25) is 0 Å². The molecule has 1 aromatic rings. The van der Waals surface area contributed by atoms with Gasteiger partial charge in [0.1, 0.15) is 11.4 Å². The number of pyridine rings is 1. The molecule has 1 aromatic heterocycles. The fourth-order valence-electron chi connectivity index (χ4n) is 5.88. The number of fused-ring (bicyclic) bond motifs is 1. The lowest BCUT2D eigenvalue weighted by Gasteiger charge is -2.56. The molecule has 186 valence electrons. The molecule has 10 heteroatoms. The highest BCUT2D eigenvalue weighted by atomic mass is 32.2. The smallest absolute Gasteiger partial charge is 0.425 e. The summed E-state index contributed by atoms with van der Waals surface area (Å²) in [6.07, 6.45) is 3.85. The maximum Gasteiger partial charge on any atom is 0.425 e. The molecular formula is C24H30F3N3O3S. The lowest BCUT2D eigenvalue weighted by atomic mass is 9.54. The Balaban J connectivity index is 1.16. The zero-order valence-corrected chi connectivity index (χ0v) is 20.3. The first kappa shape index (κ1) is 23.8. The van der Waals surface area contributed by atoms with E-state index in [1.165, 1.54) is 16.0 Å².